The van der Waals surface area contributed by atoms with E-state index < -0.39 is 0 Å². The molecule has 0 bridgehead atoms. The highest BCUT2D eigenvalue weighted by Gasteiger charge is 2.04. The molecule has 0 saturated heterocycles. The summed E-state index contributed by atoms with van der Waals surface area (Å²) in [5.74, 6) is -0.362. The van der Waals surface area contributed by atoms with Crippen molar-refractivity contribution in [1.82, 2.24) is 5.32 Å². The van der Waals surface area contributed by atoms with Crippen LogP contribution in [0.2, 0.25) is 0 Å². The molecular formula is C10H14FN3O. The van der Waals surface area contributed by atoms with Crippen molar-refractivity contribution in [3.8, 4) is 0 Å². The number of halogens is 1. The summed E-state index contributed by atoms with van der Waals surface area (Å²) in [6, 6.07) is 3.98. The highest BCUT2D eigenvalue weighted by Crippen LogP contribution is 2.13. The third-order valence-corrected chi connectivity index (χ3v) is 1.86. The second-order valence-electron chi connectivity index (χ2n) is 2.99. The zero-order chi connectivity index (χ0) is 11.3. The Morgan fingerprint density at radius 1 is 1.53 bits per heavy atom. The summed E-state index contributed by atoms with van der Waals surface area (Å²) in [6.45, 7) is 2.46. The predicted octanol–water partition coefficient (Wildman–Crippen LogP) is 1.43. The van der Waals surface area contributed by atoms with Crippen molar-refractivity contribution >= 4 is 11.7 Å². The molecule has 0 aromatic heterocycles. The second kappa shape index (κ2) is 5.31. The van der Waals surface area contributed by atoms with Gasteiger partial charge in [0.05, 0.1) is 0 Å². The van der Waals surface area contributed by atoms with Crippen molar-refractivity contribution in [1.29, 1.82) is 0 Å². The van der Waals surface area contributed by atoms with Crippen LogP contribution >= 0.6 is 0 Å². The first kappa shape index (κ1) is 11.5. The number of nitrogens with two attached hydrogens (primary N) is 1. The highest BCUT2D eigenvalue weighted by molar-refractivity contribution is 5.89. The Labute approximate surface area is 87.7 Å². The van der Waals surface area contributed by atoms with Gasteiger partial charge in [-0.25, -0.2) is 9.18 Å². The predicted molar refractivity (Wildman–Crippen MR) is 57.0 cm³/mol. The minimum atomic E-state index is -0.362. The number of anilines is 1. The van der Waals surface area contributed by atoms with Gasteiger partial charge in [0.15, 0.2) is 0 Å². The molecule has 0 spiro atoms. The molecule has 0 heterocycles. The van der Waals surface area contributed by atoms with Crippen LogP contribution in [0.3, 0.4) is 0 Å². The van der Waals surface area contributed by atoms with Gasteiger partial charge in [-0.2, -0.15) is 0 Å². The summed E-state index contributed by atoms with van der Waals surface area (Å²) >= 11 is 0. The SMILES string of the molecule is CCNC(=O)Nc1ccc(F)c(CN)c1. The van der Waals surface area contributed by atoms with E-state index in [1.54, 1.807) is 0 Å². The van der Waals surface area contributed by atoms with E-state index in [2.05, 4.69) is 10.6 Å². The maximum atomic E-state index is 13.0. The van der Waals surface area contributed by atoms with Gasteiger partial charge >= 0.3 is 6.03 Å². The number of carbonyl (C=O) groups is 1. The van der Waals surface area contributed by atoms with Gasteiger partial charge in [-0.15, -0.1) is 0 Å². The Bertz CT molecular complexity index is 355. The van der Waals surface area contributed by atoms with Crippen LogP contribution in [0.4, 0.5) is 14.9 Å². The van der Waals surface area contributed by atoms with Crippen molar-refractivity contribution in [2.75, 3.05) is 11.9 Å². The molecule has 82 valence electrons. The summed E-state index contributed by atoms with van der Waals surface area (Å²) in [7, 11) is 0. The lowest BCUT2D eigenvalue weighted by Gasteiger charge is -2.07. The molecule has 1 rings (SSSR count). The van der Waals surface area contributed by atoms with Gasteiger partial charge in [0.2, 0.25) is 0 Å². The molecule has 4 N–H and O–H groups in total. The zero-order valence-electron chi connectivity index (χ0n) is 8.51. The first-order chi connectivity index (χ1) is 7.17. The van der Waals surface area contributed by atoms with Crippen LogP contribution in [0.1, 0.15) is 12.5 Å². The topological polar surface area (TPSA) is 67.2 Å². The molecule has 0 fully saturated rings. The van der Waals surface area contributed by atoms with E-state index in [9.17, 15) is 9.18 Å². The monoisotopic (exact) mass is 211 g/mol. The van der Waals surface area contributed by atoms with E-state index in [1.165, 1.54) is 18.2 Å². The average Bonchev–Trinajstić information content (AvgIpc) is 2.21. The Kier molecular flexibility index (Phi) is 4.05. The molecule has 0 radical (unpaired) electrons. The van der Waals surface area contributed by atoms with E-state index >= 15 is 0 Å². The van der Waals surface area contributed by atoms with E-state index in [1.807, 2.05) is 6.92 Å². The first-order valence-electron chi connectivity index (χ1n) is 4.70. The van der Waals surface area contributed by atoms with Crippen LogP contribution in [-0.4, -0.2) is 12.6 Å². The summed E-state index contributed by atoms with van der Waals surface area (Å²) in [5, 5.41) is 5.14. The largest absolute Gasteiger partial charge is 0.338 e. The molecule has 0 aliphatic heterocycles. The molecule has 0 aliphatic rings. The first-order valence-corrected chi connectivity index (χ1v) is 4.70. The van der Waals surface area contributed by atoms with Crippen molar-refractivity contribution < 1.29 is 9.18 Å². The number of urea groups is 1. The third kappa shape index (κ3) is 3.21. The summed E-state index contributed by atoms with van der Waals surface area (Å²) in [5.41, 5.74) is 6.25. The number of rotatable bonds is 3. The minimum Gasteiger partial charge on any atom is -0.338 e. The molecule has 0 atom stereocenters. The fourth-order valence-corrected chi connectivity index (χ4v) is 1.14. The Morgan fingerprint density at radius 3 is 2.87 bits per heavy atom. The van der Waals surface area contributed by atoms with Gasteiger partial charge < -0.3 is 16.4 Å². The quantitative estimate of drug-likeness (QED) is 0.708. The number of hydrogen-bond acceptors (Lipinski definition) is 2. The molecule has 0 aliphatic carbocycles. The lowest BCUT2D eigenvalue weighted by atomic mass is 10.2. The Hall–Kier alpha value is -1.62. The molecular weight excluding hydrogens is 197 g/mol. The summed E-state index contributed by atoms with van der Waals surface area (Å²) in [6.07, 6.45) is 0. The Balaban J connectivity index is 2.74. The molecule has 1 aromatic rings. The second-order valence-corrected chi connectivity index (χ2v) is 2.99. The number of hydrogen-bond donors (Lipinski definition) is 3. The van der Waals surface area contributed by atoms with E-state index in [0.717, 1.165) is 0 Å². The van der Waals surface area contributed by atoms with Crippen LogP contribution in [0, 0.1) is 5.82 Å². The van der Waals surface area contributed by atoms with Crippen LogP contribution in [0.25, 0.3) is 0 Å². The van der Waals surface area contributed by atoms with Gasteiger partial charge in [0.25, 0.3) is 0 Å². The van der Waals surface area contributed by atoms with Crippen molar-refractivity contribution in [3.63, 3.8) is 0 Å². The molecule has 0 unspecified atom stereocenters. The normalized spacial score (nSPS) is 9.80. The van der Waals surface area contributed by atoms with Gasteiger partial charge in [-0.3, -0.25) is 0 Å². The van der Waals surface area contributed by atoms with Gasteiger partial charge in [0.1, 0.15) is 5.82 Å². The fourth-order valence-electron chi connectivity index (χ4n) is 1.14. The zero-order valence-corrected chi connectivity index (χ0v) is 8.51. The lowest BCUT2D eigenvalue weighted by molar-refractivity contribution is 0.252. The van der Waals surface area contributed by atoms with E-state index in [4.69, 9.17) is 5.73 Å². The number of nitrogens with one attached hydrogen (secondary N) is 2. The van der Waals surface area contributed by atoms with Crippen LogP contribution < -0.4 is 16.4 Å². The summed E-state index contributed by atoms with van der Waals surface area (Å²) in [4.78, 5) is 11.1. The maximum Gasteiger partial charge on any atom is 0.319 e. The van der Waals surface area contributed by atoms with Crippen molar-refractivity contribution in [2.24, 2.45) is 5.73 Å². The molecule has 2 amide bonds. The Morgan fingerprint density at radius 2 is 2.27 bits per heavy atom. The number of amides is 2. The minimum absolute atomic E-state index is 0.108. The van der Waals surface area contributed by atoms with Gasteiger partial charge in [0, 0.05) is 24.3 Å². The molecule has 5 heteroatoms. The van der Waals surface area contributed by atoms with E-state index in [0.29, 0.717) is 17.8 Å². The van der Waals surface area contributed by atoms with Crippen molar-refractivity contribution in [3.05, 3.63) is 29.6 Å². The molecule has 4 nitrogen and oxygen atoms in total. The van der Waals surface area contributed by atoms with Crippen LogP contribution in [-0.2, 0) is 6.54 Å². The van der Waals surface area contributed by atoms with E-state index in [-0.39, 0.29) is 18.4 Å². The lowest BCUT2D eigenvalue weighted by Crippen LogP contribution is -2.28. The van der Waals surface area contributed by atoms with Crippen LogP contribution in [0.5, 0.6) is 0 Å². The molecule has 15 heavy (non-hydrogen) atoms. The summed E-state index contributed by atoms with van der Waals surface area (Å²) < 4.78 is 13.0. The molecule has 1 aromatic carbocycles. The van der Waals surface area contributed by atoms with Gasteiger partial charge in [-0.05, 0) is 25.1 Å². The highest BCUT2D eigenvalue weighted by atomic mass is 19.1. The maximum absolute atomic E-state index is 13.0. The van der Waals surface area contributed by atoms with Crippen LogP contribution in [0.15, 0.2) is 18.2 Å². The smallest absolute Gasteiger partial charge is 0.319 e. The third-order valence-electron chi connectivity index (χ3n) is 1.86. The average molecular weight is 211 g/mol. The number of benzene rings is 1. The van der Waals surface area contributed by atoms with Crippen molar-refractivity contribution in [2.45, 2.75) is 13.5 Å². The fraction of sp³-hybridized carbons (Fsp3) is 0.300. The molecule has 0 saturated carbocycles. The standard InChI is InChI=1S/C10H14FN3O/c1-2-13-10(15)14-8-3-4-9(11)7(5-8)6-12/h3-5H,2,6,12H2,1H3,(H2,13,14,15). The van der Waals surface area contributed by atoms with Gasteiger partial charge in [-0.1, -0.05) is 0 Å². The number of carbonyl (C=O) groups excluding carboxylic acids is 1.